The summed E-state index contributed by atoms with van der Waals surface area (Å²) in [4.78, 5) is 15.8. The molecule has 2 heterocycles. The Balaban J connectivity index is 2.45. The van der Waals surface area contributed by atoms with Crippen LogP contribution in [0.4, 0.5) is 8.78 Å². The van der Waals surface area contributed by atoms with E-state index in [0.717, 1.165) is 6.07 Å². The number of hydrogen-bond donors (Lipinski definition) is 1. The Labute approximate surface area is 119 Å². The average molecular weight is 293 g/mol. The van der Waals surface area contributed by atoms with Crippen LogP contribution in [0.3, 0.4) is 0 Å². The Hall–Kier alpha value is -2.08. The fraction of sp³-hybridized carbons (Fsp3) is 0.333. The molecule has 21 heavy (non-hydrogen) atoms. The van der Waals surface area contributed by atoms with Crippen molar-refractivity contribution in [2.24, 2.45) is 0 Å². The summed E-state index contributed by atoms with van der Waals surface area (Å²) in [5.41, 5.74) is 0.649. The zero-order chi connectivity index (χ0) is 15.3. The molecule has 0 bridgehead atoms. The fourth-order valence-electron chi connectivity index (χ4n) is 2.92. The summed E-state index contributed by atoms with van der Waals surface area (Å²) >= 11 is 0. The Morgan fingerprint density at radius 3 is 2.76 bits per heavy atom. The highest BCUT2D eigenvalue weighted by molar-refractivity contribution is 6.04. The minimum Gasteiger partial charge on any atom is -0.478 e. The van der Waals surface area contributed by atoms with E-state index in [2.05, 4.69) is 4.98 Å². The minimum atomic E-state index is -1.24. The van der Waals surface area contributed by atoms with E-state index in [9.17, 15) is 18.7 Å². The molecule has 4 nitrogen and oxygen atoms in total. The van der Waals surface area contributed by atoms with Gasteiger partial charge in [-0.05, 0) is 19.9 Å². The lowest BCUT2D eigenvalue weighted by atomic mass is 9.92. The molecule has 1 aromatic heterocycles. The van der Waals surface area contributed by atoms with Crippen LogP contribution in [0, 0.1) is 11.6 Å². The lowest BCUT2D eigenvalue weighted by Gasteiger charge is -2.29. The molecule has 2 atom stereocenters. The zero-order valence-electron chi connectivity index (χ0n) is 11.5. The first kappa shape index (κ1) is 13.9. The predicted molar refractivity (Wildman–Crippen MR) is 71.3 cm³/mol. The third-order valence-electron chi connectivity index (χ3n) is 3.66. The summed E-state index contributed by atoms with van der Waals surface area (Å²) in [6.07, 6.45) is -0.229. The second-order valence-electron chi connectivity index (χ2n) is 5.23. The van der Waals surface area contributed by atoms with Crippen molar-refractivity contribution in [3.05, 3.63) is 40.6 Å². The third kappa shape index (κ3) is 2.15. The van der Waals surface area contributed by atoms with E-state index in [4.69, 9.17) is 4.74 Å². The van der Waals surface area contributed by atoms with Gasteiger partial charge in [0, 0.05) is 23.4 Å². The molecular weight excluding hydrogens is 280 g/mol. The monoisotopic (exact) mass is 293 g/mol. The van der Waals surface area contributed by atoms with Crippen molar-refractivity contribution in [3.63, 3.8) is 0 Å². The van der Waals surface area contributed by atoms with Crippen molar-refractivity contribution < 1.29 is 23.4 Å². The summed E-state index contributed by atoms with van der Waals surface area (Å²) < 4.78 is 33.0. The van der Waals surface area contributed by atoms with Gasteiger partial charge in [-0.25, -0.2) is 18.6 Å². The molecule has 1 aromatic carbocycles. The number of pyridine rings is 1. The molecule has 110 valence electrons. The molecule has 1 aliphatic heterocycles. The molecule has 0 spiro atoms. The maximum Gasteiger partial charge on any atom is 0.336 e. The first-order valence-electron chi connectivity index (χ1n) is 6.58. The first-order chi connectivity index (χ1) is 9.88. The summed E-state index contributed by atoms with van der Waals surface area (Å²) in [5, 5.41) is 9.44. The van der Waals surface area contributed by atoms with Crippen molar-refractivity contribution in [2.45, 2.75) is 32.5 Å². The number of aromatic nitrogens is 1. The van der Waals surface area contributed by atoms with Gasteiger partial charge in [-0.3, -0.25) is 0 Å². The molecule has 0 radical (unpaired) electrons. The smallest absolute Gasteiger partial charge is 0.336 e. The van der Waals surface area contributed by atoms with Gasteiger partial charge in [0.25, 0.3) is 0 Å². The number of nitrogens with zero attached hydrogens (tertiary/aromatic N) is 1. The van der Waals surface area contributed by atoms with E-state index in [1.54, 1.807) is 6.92 Å². The SMILES string of the molecule is CC1Cc2nc3c(F)cc(F)cc3c(C(=O)O)c2C(C)O1. The standard InChI is InChI=1S/C15H13F2NO3/c1-6-3-11-12(7(2)21-6)13(15(19)20)9-4-8(16)5-10(17)14(9)18-11/h4-7H,3H2,1-2H3,(H,19,20). The van der Waals surface area contributed by atoms with E-state index in [0.29, 0.717) is 23.7 Å². The number of rotatable bonds is 1. The Kier molecular flexibility index (Phi) is 3.13. The van der Waals surface area contributed by atoms with Crippen molar-refractivity contribution >= 4 is 16.9 Å². The molecule has 0 saturated heterocycles. The molecule has 0 fully saturated rings. The quantitative estimate of drug-likeness (QED) is 0.877. The Morgan fingerprint density at radius 1 is 1.38 bits per heavy atom. The van der Waals surface area contributed by atoms with Crippen molar-refractivity contribution in [3.8, 4) is 0 Å². The highest BCUT2D eigenvalue weighted by Crippen LogP contribution is 2.36. The van der Waals surface area contributed by atoms with Crippen LogP contribution in [0.25, 0.3) is 10.9 Å². The van der Waals surface area contributed by atoms with E-state index < -0.39 is 23.7 Å². The van der Waals surface area contributed by atoms with Crippen LogP contribution >= 0.6 is 0 Å². The van der Waals surface area contributed by atoms with Gasteiger partial charge in [0.05, 0.1) is 23.5 Å². The van der Waals surface area contributed by atoms with Crippen LogP contribution in [0.1, 0.15) is 41.6 Å². The third-order valence-corrected chi connectivity index (χ3v) is 3.66. The second-order valence-corrected chi connectivity index (χ2v) is 5.23. The first-order valence-corrected chi connectivity index (χ1v) is 6.58. The van der Waals surface area contributed by atoms with Gasteiger partial charge in [0.1, 0.15) is 11.3 Å². The van der Waals surface area contributed by atoms with Crippen LogP contribution in [0.2, 0.25) is 0 Å². The summed E-state index contributed by atoms with van der Waals surface area (Å²) in [7, 11) is 0. The topological polar surface area (TPSA) is 59.4 Å². The summed E-state index contributed by atoms with van der Waals surface area (Å²) in [5.74, 6) is -2.93. The van der Waals surface area contributed by atoms with Crippen LogP contribution in [0.15, 0.2) is 12.1 Å². The van der Waals surface area contributed by atoms with Gasteiger partial charge < -0.3 is 9.84 Å². The molecule has 0 aliphatic carbocycles. The predicted octanol–water partition coefficient (Wildman–Crippen LogP) is 3.23. The van der Waals surface area contributed by atoms with Gasteiger partial charge in [-0.15, -0.1) is 0 Å². The van der Waals surface area contributed by atoms with Crippen molar-refractivity contribution in [1.29, 1.82) is 0 Å². The number of fused-ring (bicyclic) bond motifs is 2. The normalized spacial score (nSPS) is 21.3. The van der Waals surface area contributed by atoms with Crippen LogP contribution in [-0.2, 0) is 11.2 Å². The van der Waals surface area contributed by atoms with Gasteiger partial charge in [-0.2, -0.15) is 0 Å². The van der Waals surface area contributed by atoms with Gasteiger partial charge in [-0.1, -0.05) is 0 Å². The number of ether oxygens (including phenoxy) is 1. The molecule has 6 heteroatoms. The molecule has 3 rings (SSSR count). The van der Waals surface area contributed by atoms with E-state index in [1.807, 2.05) is 6.92 Å². The van der Waals surface area contributed by atoms with Crippen LogP contribution < -0.4 is 0 Å². The fourth-order valence-corrected chi connectivity index (χ4v) is 2.92. The number of hydrogen-bond acceptors (Lipinski definition) is 3. The molecule has 1 aliphatic rings. The minimum absolute atomic E-state index is 0.0382. The van der Waals surface area contributed by atoms with E-state index in [1.165, 1.54) is 0 Å². The average Bonchev–Trinajstić information content (AvgIpc) is 2.36. The zero-order valence-corrected chi connectivity index (χ0v) is 11.5. The van der Waals surface area contributed by atoms with Gasteiger partial charge in [0.15, 0.2) is 5.82 Å². The van der Waals surface area contributed by atoms with Crippen molar-refractivity contribution in [2.75, 3.05) is 0 Å². The highest BCUT2D eigenvalue weighted by Gasteiger charge is 2.31. The largest absolute Gasteiger partial charge is 0.478 e. The summed E-state index contributed by atoms with van der Waals surface area (Å²) in [6, 6.07) is 1.71. The van der Waals surface area contributed by atoms with Crippen molar-refractivity contribution in [1.82, 2.24) is 4.98 Å². The molecular formula is C15H13F2NO3. The van der Waals surface area contributed by atoms with E-state index >= 15 is 0 Å². The maximum absolute atomic E-state index is 13.9. The molecule has 2 unspecified atom stereocenters. The van der Waals surface area contributed by atoms with Gasteiger partial charge in [0.2, 0.25) is 0 Å². The molecule has 2 aromatic rings. The number of aromatic carboxylic acids is 1. The Morgan fingerprint density at radius 2 is 2.10 bits per heavy atom. The lowest BCUT2D eigenvalue weighted by molar-refractivity contribution is -0.00663. The Bertz CT molecular complexity index is 760. The molecule has 0 saturated carbocycles. The highest BCUT2D eigenvalue weighted by atomic mass is 19.1. The number of benzene rings is 1. The maximum atomic E-state index is 13.9. The van der Waals surface area contributed by atoms with Gasteiger partial charge >= 0.3 is 5.97 Å². The van der Waals surface area contributed by atoms with Crippen LogP contribution in [0.5, 0.6) is 0 Å². The van der Waals surface area contributed by atoms with E-state index in [-0.39, 0.29) is 22.6 Å². The summed E-state index contributed by atoms with van der Waals surface area (Å²) in [6.45, 7) is 3.55. The second kappa shape index (κ2) is 4.73. The molecule has 0 amide bonds. The number of halogens is 2. The number of carboxylic acids is 1. The van der Waals surface area contributed by atoms with Crippen LogP contribution in [-0.4, -0.2) is 22.2 Å². The number of carbonyl (C=O) groups is 1. The lowest BCUT2D eigenvalue weighted by Crippen LogP contribution is -2.26. The molecule has 1 N–H and O–H groups in total. The number of carboxylic acid groups (broad SMARTS) is 1.